The number of rotatable bonds is 4. The molecule has 61 heavy (non-hydrogen) atoms. The molecule has 1 aliphatic carbocycles. The summed E-state index contributed by atoms with van der Waals surface area (Å²) in [6, 6.07) is 70.5. The summed E-state index contributed by atoms with van der Waals surface area (Å²) in [7, 11) is 0. The summed E-state index contributed by atoms with van der Waals surface area (Å²) in [5.74, 6) is 0.716. The summed E-state index contributed by atoms with van der Waals surface area (Å²) in [5.41, 5.74) is 16.1. The van der Waals surface area contributed by atoms with E-state index < -0.39 is 0 Å². The van der Waals surface area contributed by atoms with E-state index in [1.165, 1.54) is 71.1 Å². The summed E-state index contributed by atoms with van der Waals surface area (Å²) in [5, 5.41) is 8.46. The Morgan fingerprint density at radius 1 is 0.393 bits per heavy atom. The predicted molar refractivity (Wildman–Crippen MR) is 254 cm³/mol. The third-order valence-corrected chi connectivity index (χ3v) is 13.3. The molecule has 0 saturated heterocycles. The number of para-hydroxylation sites is 3. The Kier molecular flexibility index (Phi) is 7.04. The molecule has 286 valence electrons. The Morgan fingerprint density at radius 2 is 0.967 bits per heavy atom. The first-order valence-electron chi connectivity index (χ1n) is 21.1. The SMILES string of the molecule is CC1(C)c2ccccc2-c2cccc(-c3nc(-c4ccc(-n5c6cc(-n7c8ccccc8c8ccccc87)ccc6c6cc7ccccc7cc65)cc4)nc4ccccc34)c21. The second-order valence-corrected chi connectivity index (χ2v) is 17.0. The summed E-state index contributed by atoms with van der Waals surface area (Å²) >= 11 is 0. The molecule has 0 radical (unpaired) electrons. The highest BCUT2D eigenvalue weighted by Crippen LogP contribution is 2.52. The first-order chi connectivity index (χ1) is 30.0. The summed E-state index contributed by atoms with van der Waals surface area (Å²) in [4.78, 5) is 10.6. The zero-order valence-corrected chi connectivity index (χ0v) is 33.8. The largest absolute Gasteiger partial charge is 0.309 e. The maximum absolute atomic E-state index is 5.44. The van der Waals surface area contributed by atoms with E-state index in [-0.39, 0.29) is 5.41 Å². The second kappa shape index (κ2) is 12.6. The van der Waals surface area contributed by atoms with Crippen LogP contribution < -0.4 is 0 Å². The van der Waals surface area contributed by atoms with Gasteiger partial charge in [0.15, 0.2) is 5.82 Å². The van der Waals surface area contributed by atoms with E-state index in [1.807, 2.05) is 0 Å². The molecule has 0 amide bonds. The van der Waals surface area contributed by atoms with Gasteiger partial charge >= 0.3 is 0 Å². The van der Waals surface area contributed by atoms with Crippen LogP contribution in [0.4, 0.5) is 0 Å². The zero-order chi connectivity index (χ0) is 40.4. The van der Waals surface area contributed by atoms with Crippen LogP contribution in [0.15, 0.2) is 194 Å². The lowest BCUT2D eigenvalue weighted by molar-refractivity contribution is 0.662. The van der Waals surface area contributed by atoms with Gasteiger partial charge in [0.05, 0.1) is 33.3 Å². The van der Waals surface area contributed by atoms with E-state index in [1.54, 1.807) is 0 Å². The molecule has 0 saturated carbocycles. The van der Waals surface area contributed by atoms with Gasteiger partial charge in [-0.3, -0.25) is 0 Å². The Morgan fingerprint density at radius 3 is 1.75 bits per heavy atom. The summed E-state index contributed by atoms with van der Waals surface area (Å²) in [6.07, 6.45) is 0. The number of hydrogen-bond acceptors (Lipinski definition) is 2. The van der Waals surface area contributed by atoms with Gasteiger partial charge in [-0.15, -0.1) is 0 Å². The molecular formula is C57H38N4. The summed E-state index contributed by atoms with van der Waals surface area (Å²) < 4.78 is 4.83. The molecule has 4 nitrogen and oxygen atoms in total. The minimum Gasteiger partial charge on any atom is -0.309 e. The second-order valence-electron chi connectivity index (χ2n) is 17.0. The Hall–Kier alpha value is -7.82. The van der Waals surface area contributed by atoms with Crippen molar-refractivity contribution in [3.63, 3.8) is 0 Å². The molecule has 9 aromatic carbocycles. The highest BCUT2D eigenvalue weighted by molar-refractivity contribution is 6.15. The van der Waals surface area contributed by atoms with Gasteiger partial charge in [0.1, 0.15) is 0 Å². The van der Waals surface area contributed by atoms with Gasteiger partial charge in [0.25, 0.3) is 0 Å². The topological polar surface area (TPSA) is 35.6 Å². The van der Waals surface area contributed by atoms with Crippen molar-refractivity contribution in [3.05, 3.63) is 205 Å². The monoisotopic (exact) mass is 778 g/mol. The maximum atomic E-state index is 5.44. The molecule has 13 rings (SSSR count). The van der Waals surface area contributed by atoms with Crippen LogP contribution in [0, 0.1) is 0 Å². The van der Waals surface area contributed by atoms with E-state index in [0.717, 1.165) is 44.6 Å². The van der Waals surface area contributed by atoms with Gasteiger partial charge in [-0.25, -0.2) is 9.97 Å². The van der Waals surface area contributed by atoms with Crippen LogP contribution in [-0.2, 0) is 5.41 Å². The highest BCUT2D eigenvalue weighted by atomic mass is 15.0. The molecule has 0 spiro atoms. The van der Waals surface area contributed by atoms with Gasteiger partial charge in [0.2, 0.25) is 0 Å². The molecule has 12 aromatic rings. The summed E-state index contributed by atoms with van der Waals surface area (Å²) in [6.45, 7) is 4.68. The van der Waals surface area contributed by atoms with Crippen molar-refractivity contribution in [1.82, 2.24) is 19.1 Å². The van der Waals surface area contributed by atoms with Crippen LogP contribution in [0.2, 0.25) is 0 Å². The van der Waals surface area contributed by atoms with E-state index in [0.29, 0.717) is 5.82 Å². The van der Waals surface area contributed by atoms with Crippen LogP contribution in [0.3, 0.4) is 0 Å². The normalized spacial score (nSPS) is 13.2. The van der Waals surface area contributed by atoms with Crippen LogP contribution in [0.1, 0.15) is 25.0 Å². The van der Waals surface area contributed by atoms with Crippen molar-refractivity contribution >= 4 is 65.3 Å². The van der Waals surface area contributed by atoms with Gasteiger partial charge in [0, 0.05) is 54.8 Å². The van der Waals surface area contributed by atoms with Gasteiger partial charge in [-0.1, -0.05) is 141 Å². The lowest BCUT2D eigenvalue weighted by Crippen LogP contribution is -2.16. The van der Waals surface area contributed by atoms with E-state index in [4.69, 9.17) is 9.97 Å². The van der Waals surface area contributed by atoms with Crippen LogP contribution in [-0.4, -0.2) is 19.1 Å². The molecule has 1 aliphatic rings. The molecule has 3 heterocycles. The van der Waals surface area contributed by atoms with E-state index in [2.05, 4.69) is 217 Å². The molecule has 0 fully saturated rings. The minimum atomic E-state index is -0.175. The quantitative estimate of drug-likeness (QED) is 0.178. The average molecular weight is 779 g/mol. The fourth-order valence-electron chi connectivity index (χ4n) is 10.5. The van der Waals surface area contributed by atoms with Crippen molar-refractivity contribution in [2.24, 2.45) is 0 Å². The third-order valence-electron chi connectivity index (χ3n) is 13.3. The molecule has 0 bridgehead atoms. The molecule has 0 unspecified atom stereocenters. The lowest BCUT2D eigenvalue weighted by atomic mass is 9.79. The van der Waals surface area contributed by atoms with Crippen molar-refractivity contribution in [3.8, 4) is 45.1 Å². The van der Waals surface area contributed by atoms with Gasteiger partial charge < -0.3 is 9.13 Å². The van der Waals surface area contributed by atoms with Crippen molar-refractivity contribution < 1.29 is 0 Å². The van der Waals surface area contributed by atoms with Crippen LogP contribution in [0.5, 0.6) is 0 Å². The van der Waals surface area contributed by atoms with E-state index in [9.17, 15) is 0 Å². The Labute approximate surface area is 352 Å². The number of aromatic nitrogens is 4. The van der Waals surface area contributed by atoms with Crippen molar-refractivity contribution in [1.29, 1.82) is 0 Å². The standard InChI is InChI=1S/C57H38N4/c1-57(2)48-22-9-5-16-40(48)44-20-13-21-46(54(44)57)55-45-19-6-10-23-49(45)58-56(59-55)35-26-28-38(29-27-35)60-52-33-37-15-4-3-14-36(37)32-47(52)43-31-30-39(34-53(43)60)61-50-24-11-7-17-41(50)42-18-8-12-25-51(42)61/h3-34H,1-2H3. The highest BCUT2D eigenvalue weighted by Gasteiger charge is 2.38. The lowest BCUT2D eigenvalue weighted by Gasteiger charge is -2.24. The van der Waals surface area contributed by atoms with Crippen molar-refractivity contribution in [2.75, 3.05) is 0 Å². The fraction of sp³-hybridized carbons (Fsp3) is 0.0526. The molecule has 3 aromatic heterocycles. The molecule has 0 aliphatic heterocycles. The zero-order valence-electron chi connectivity index (χ0n) is 33.8. The number of nitrogens with zero attached hydrogens (tertiary/aromatic N) is 4. The van der Waals surface area contributed by atoms with Crippen LogP contribution in [0.25, 0.3) is 110 Å². The van der Waals surface area contributed by atoms with Crippen molar-refractivity contribution in [2.45, 2.75) is 19.3 Å². The molecular weight excluding hydrogens is 741 g/mol. The number of fused-ring (bicyclic) bond motifs is 11. The molecule has 0 N–H and O–H groups in total. The first-order valence-corrected chi connectivity index (χ1v) is 21.1. The Bertz CT molecular complexity index is 3740. The van der Waals surface area contributed by atoms with Gasteiger partial charge in [-0.2, -0.15) is 0 Å². The van der Waals surface area contributed by atoms with Gasteiger partial charge in [-0.05, 0) is 99.8 Å². The smallest absolute Gasteiger partial charge is 0.160 e. The van der Waals surface area contributed by atoms with Crippen LogP contribution >= 0.6 is 0 Å². The predicted octanol–water partition coefficient (Wildman–Crippen LogP) is 14.6. The minimum absolute atomic E-state index is 0.175. The Balaban J connectivity index is 0.999. The third kappa shape index (κ3) is 4.87. The maximum Gasteiger partial charge on any atom is 0.160 e. The number of hydrogen-bond donors (Lipinski definition) is 0. The average Bonchev–Trinajstić information content (AvgIpc) is 3.90. The fourth-order valence-corrected chi connectivity index (χ4v) is 10.5. The number of benzene rings is 9. The first kappa shape index (κ1) is 34.1. The molecule has 0 atom stereocenters. The van der Waals surface area contributed by atoms with E-state index >= 15 is 0 Å². The molecule has 4 heteroatoms.